The van der Waals surface area contributed by atoms with Crippen molar-refractivity contribution >= 4 is 22.6 Å². The molecule has 1 aromatic heterocycles. The largest absolute Gasteiger partial charge is 0.507 e. The zero-order chi connectivity index (χ0) is 23.0. The summed E-state index contributed by atoms with van der Waals surface area (Å²) in [7, 11) is 0. The number of quaternary nitrogens is 1. The summed E-state index contributed by atoms with van der Waals surface area (Å²) in [5.74, 6) is -1.55. The predicted octanol–water partition coefficient (Wildman–Crippen LogP) is 5.19. The molecule has 0 spiro atoms. The molecule has 4 nitrogen and oxygen atoms in total. The molecule has 1 saturated heterocycles. The number of nitrogens with one attached hydrogen (secondary N) is 1. The molecule has 0 bridgehead atoms. The highest BCUT2D eigenvalue weighted by Gasteiger charge is 2.40. The highest BCUT2D eigenvalue weighted by atomic mass is 35.5. The van der Waals surface area contributed by atoms with Crippen LogP contribution in [0.25, 0.3) is 22.1 Å². The second-order valence-corrected chi connectivity index (χ2v) is 8.71. The second kappa shape index (κ2) is 8.79. The van der Waals surface area contributed by atoms with Crippen LogP contribution in [0.15, 0.2) is 45.6 Å². The van der Waals surface area contributed by atoms with Gasteiger partial charge in [-0.1, -0.05) is 30.7 Å². The van der Waals surface area contributed by atoms with E-state index in [1.807, 2.05) is 0 Å². The number of likely N-dealkylation sites (tertiary alicyclic amines) is 1. The van der Waals surface area contributed by atoms with Crippen LogP contribution in [0.2, 0.25) is 5.02 Å². The van der Waals surface area contributed by atoms with E-state index in [-0.39, 0.29) is 32.9 Å². The van der Waals surface area contributed by atoms with Gasteiger partial charge in [0.05, 0.1) is 29.1 Å². The Morgan fingerprint density at radius 3 is 2.69 bits per heavy atom. The smallest absolute Gasteiger partial charge is 0.450 e. The number of halogens is 4. The van der Waals surface area contributed by atoms with Crippen molar-refractivity contribution in [2.45, 2.75) is 51.4 Å². The first-order valence-corrected chi connectivity index (χ1v) is 11.1. The lowest BCUT2D eigenvalue weighted by atomic mass is 9.97. The number of phenolic OH excluding ortho intramolecular Hbond substituents is 1. The first kappa shape index (κ1) is 22.7. The minimum Gasteiger partial charge on any atom is -0.507 e. The van der Waals surface area contributed by atoms with E-state index in [1.54, 1.807) is 0 Å². The normalized spacial score (nSPS) is 19.4. The Labute approximate surface area is 188 Å². The van der Waals surface area contributed by atoms with Crippen LogP contribution in [0.3, 0.4) is 0 Å². The molecule has 0 amide bonds. The zero-order valence-electron chi connectivity index (χ0n) is 17.6. The van der Waals surface area contributed by atoms with E-state index < -0.39 is 22.9 Å². The quantitative estimate of drug-likeness (QED) is 0.556. The zero-order valence-corrected chi connectivity index (χ0v) is 18.3. The first-order valence-electron chi connectivity index (χ1n) is 10.7. The Hall–Kier alpha value is -2.51. The molecule has 1 aliphatic rings. The van der Waals surface area contributed by atoms with Crippen LogP contribution in [-0.2, 0) is 12.7 Å². The number of alkyl halides is 3. The van der Waals surface area contributed by atoms with Gasteiger partial charge in [-0.15, -0.1) is 0 Å². The highest BCUT2D eigenvalue weighted by Crippen LogP contribution is 2.39. The van der Waals surface area contributed by atoms with Crippen molar-refractivity contribution in [3.05, 3.63) is 63.0 Å². The van der Waals surface area contributed by atoms with Crippen LogP contribution in [0.1, 0.15) is 43.9 Å². The fourth-order valence-corrected chi connectivity index (χ4v) is 4.87. The Morgan fingerprint density at radius 2 is 2.00 bits per heavy atom. The van der Waals surface area contributed by atoms with Crippen molar-refractivity contribution in [2.75, 3.05) is 6.54 Å². The predicted molar refractivity (Wildman–Crippen MR) is 117 cm³/mol. The van der Waals surface area contributed by atoms with Crippen LogP contribution < -0.4 is 10.3 Å². The number of hydrogen-bond acceptors (Lipinski definition) is 3. The maximum absolute atomic E-state index is 14.0. The summed E-state index contributed by atoms with van der Waals surface area (Å²) in [5, 5.41) is 10.7. The molecule has 1 fully saturated rings. The molecule has 32 heavy (non-hydrogen) atoms. The molecule has 1 aliphatic heterocycles. The fourth-order valence-electron chi connectivity index (χ4n) is 4.68. The molecule has 2 aromatic carbocycles. The number of aromatic hydroxyl groups is 1. The maximum atomic E-state index is 14.0. The topological polar surface area (TPSA) is 54.9 Å². The molecular formula is C24H24ClF3NO3+. The van der Waals surface area contributed by atoms with Gasteiger partial charge in [-0.05, 0) is 55.5 Å². The first-order chi connectivity index (χ1) is 15.2. The molecule has 0 saturated carbocycles. The third-order valence-electron chi connectivity index (χ3n) is 6.28. The van der Waals surface area contributed by atoms with Crippen LogP contribution in [-0.4, -0.2) is 17.7 Å². The van der Waals surface area contributed by atoms with Gasteiger partial charge >= 0.3 is 6.18 Å². The lowest BCUT2D eigenvalue weighted by molar-refractivity contribution is -0.944. The van der Waals surface area contributed by atoms with Crippen LogP contribution in [0.5, 0.6) is 5.75 Å². The van der Waals surface area contributed by atoms with E-state index >= 15 is 0 Å². The number of hydrogen-bond donors (Lipinski definition) is 2. The SMILES string of the molecule is CC[C@H]1CCCC[NH+]1Cc1c(O)ccc2c(=O)c(-c3cccc(Cl)c3)c(C(F)(F)F)oc12. The summed E-state index contributed by atoms with van der Waals surface area (Å²) in [6, 6.07) is 8.71. The summed E-state index contributed by atoms with van der Waals surface area (Å²) in [4.78, 5) is 14.5. The van der Waals surface area contributed by atoms with Crippen molar-refractivity contribution in [2.24, 2.45) is 0 Å². The molecular weight excluding hydrogens is 443 g/mol. The minimum atomic E-state index is -4.91. The summed E-state index contributed by atoms with van der Waals surface area (Å²) in [5.41, 5.74) is -1.33. The molecule has 3 aromatic rings. The summed E-state index contributed by atoms with van der Waals surface area (Å²) in [6.45, 7) is 3.22. The van der Waals surface area contributed by atoms with Gasteiger partial charge in [-0.2, -0.15) is 13.2 Å². The van der Waals surface area contributed by atoms with Crippen LogP contribution >= 0.6 is 11.6 Å². The number of benzene rings is 2. The van der Waals surface area contributed by atoms with E-state index in [2.05, 4.69) is 6.92 Å². The molecule has 0 aliphatic carbocycles. The van der Waals surface area contributed by atoms with E-state index in [9.17, 15) is 23.1 Å². The van der Waals surface area contributed by atoms with Crippen molar-refractivity contribution in [3.8, 4) is 16.9 Å². The second-order valence-electron chi connectivity index (χ2n) is 8.27. The molecule has 4 rings (SSSR count). The molecule has 1 unspecified atom stereocenters. The molecule has 170 valence electrons. The van der Waals surface area contributed by atoms with Crippen molar-refractivity contribution in [1.82, 2.24) is 0 Å². The Balaban J connectivity index is 1.95. The van der Waals surface area contributed by atoms with Gasteiger partial charge in [-0.3, -0.25) is 4.79 Å². The number of phenols is 1. The standard InChI is InChI=1S/C24H23ClF3NO3/c1-2-16-8-3-4-11-29(16)13-18-19(30)10-9-17-21(31)20(14-6-5-7-15(25)12-14)23(24(26,27)28)32-22(17)18/h5-7,9-10,12,16,30H,2-4,8,11,13H2,1H3/p+1/t16-/m0/s1. The van der Waals surface area contributed by atoms with Gasteiger partial charge in [0, 0.05) is 5.02 Å². The van der Waals surface area contributed by atoms with Gasteiger partial charge < -0.3 is 14.4 Å². The van der Waals surface area contributed by atoms with E-state index in [1.165, 1.54) is 41.3 Å². The fraction of sp³-hybridized carbons (Fsp3) is 0.375. The minimum absolute atomic E-state index is 0.00485. The van der Waals surface area contributed by atoms with E-state index in [4.69, 9.17) is 16.0 Å². The lowest BCUT2D eigenvalue weighted by Crippen LogP contribution is -3.15. The van der Waals surface area contributed by atoms with Gasteiger partial charge in [0.25, 0.3) is 0 Å². The molecule has 0 radical (unpaired) electrons. The third kappa shape index (κ3) is 4.24. The number of rotatable bonds is 4. The van der Waals surface area contributed by atoms with Crippen molar-refractivity contribution in [1.29, 1.82) is 0 Å². The van der Waals surface area contributed by atoms with E-state index in [0.717, 1.165) is 32.2 Å². The average molecular weight is 467 g/mol. The Morgan fingerprint density at radius 1 is 1.22 bits per heavy atom. The van der Waals surface area contributed by atoms with Crippen LogP contribution in [0, 0.1) is 0 Å². The van der Waals surface area contributed by atoms with Gasteiger partial charge in [0.1, 0.15) is 12.3 Å². The third-order valence-corrected chi connectivity index (χ3v) is 6.52. The van der Waals surface area contributed by atoms with Gasteiger partial charge in [-0.25, -0.2) is 0 Å². The Kier molecular flexibility index (Phi) is 6.23. The van der Waals surface area contributed by atoms with Gasteiger partial charge in [0.2, 0.25) is 11.2 Å². The summed E-state index contributed by atoms with van der Waals surface area (Å²) < 4.78 is 47.5. The van der Waals surface area contributed by atoms with E-state index in [0.29, 0.717) is 12.6 Å². The lowest BCUT2D eigenvalue weighted by Gasteiger charge is -2.32. The number of fused-ring (bicyclic) bond motifs is 1. The van der Waals surface area contributed by atoms with Crippen molar-refractivity contribution in [3.63, 3.8) is 0 Å². The number of piperidine rings is 1. The Bertz CT molecular complexity index is 1210. The molecule has 2 heterocycles. The van der Waals surface area contributed by atoms with Crippen LogP contribution in [0.4, 0.5) is 13.2 Å². The monoisotopic (exact) mass is 466 g/mol. The summed E-state index contributed by atoms with van der Waals surface area (Å²) >= 11 is 5.96. The highest BCUT2D eigenvalue weighted by molar-refractivity contribution is 6.30. The molecule has 2 atom stereocenters. The van der Waals surface area contributed by atoms with Crippen molar-refractivity contribution < 1.29 is 27.6 Å². The van der Waals surface area contributed by atoms with Gasteiger partial charge in [0.15, 0.2) is 5.58 Å². The summed E-state index contributed by atoms with van der Waals surface area (Å²) in [6.07, 6.45) is -0.836. The molecule has 2 N–H and O–H groups in total. The maximum Gasteiger partial charge on any atom is 0.450 e. The average Bonchev–Trinajstić information content (AvgIpc) is 2.75. The molecule has 8 heteroatoms.